The van der Waals surface area contributed by atoms with Crippen molar-refractivity contribution in [2.75, 3.05) is 20.3 Å². The maximum absolute atomic E-state index is 12.4. The second-order valence-electron chi connectivity index (χ2n) is 8.49. The van der Waals surface area contributed by atoms with Crippen LogP contribution in [0.25, 0.3) is 0 Å². The molecule has 2 heterocycles. The summed E-state index contributed by atoms with van der Waals surface area (Å²) in [4.78, 5) is 30.4. The van der Waals surface area contributed by atoms with Crippen LogP contribution in [0, 0.1) is 0 Å². The first-order chi connectivity index (χ1) is 14.7. The van der Waals surface area contributed by atoms with E-state index in [0.29, 0.717) is 17.9 Å². The van der Waals surface area contributed by atoms with Gasteiger partial charge in [-0.25, -0.2) is 9.59 Å². The van der Waals surface area contributed by atoms with Gasteiger partial charge in [0.2, 0.25) is 0 Å². The van der Waals surface area contributed by atoms with Crippen LogP contribution in [0.2, 0.25) is 0 Å². The molecule has 0 aliphatic carbocycles. The monoisotopic (exact) mass is 427 g/mol. The Morgan fingerprint density at radius 3 is 2.45 bits per heavy atom. The SMILES string of the molecule is COC(=O)c1cncc(OCC(CN2Cc3ccccc3C2)NC(=O)OC(C)(C)C)c1. The highest BCUT2D eigenvalue weighted by Crippen LogP contribution is 2.22. The van der Waals surface area contributed by atoms with E-state index >= 15 is 0 Å². The summed E-state index contributed by atoms with van der Waals surface area (Å²) >= 11 is 0. The van der Waals surface area contributed by atoms with Gasteiger partial charge in [0.1, 0.15) is 18.0 Å². The maximum atomic E-state index is 12.4. The number of alkyl carbamates (subject to hydrolysis) is 1. The average molecular weight is 428 g/mol. The van der Waals surface area contributed by atoms with E-state index in [0.717, 1.165) is 13.1 Å². The van der Waals surface area contributed by atoms with Crippen LogP contribution in [-0.2, 0) is 22.6 Å². The second kappa shape index (κ2) is 9.78. The normalized spacial score (nSPS) is 14.5. The number of ether oxygens (including phenoxy) is 3. The molecule has 1 aromatic carbocycles. The number of pyridine rings is 1. The fourth-order valence-electron chi connectivity index (χ4n) is 3.38. The first-order valence-electron chi connectivity index (χ1n) is 10.2. The van der Waals surface area contributed by atoms with Crippen molar-refractivity contribution >= 4 is 12.1 Å². The van der Waals surface area contributed by atoms with Crippen LogP contribution in [0.3, 0.4) is 0 Å². The standard InChI is InChI=1S/C23H29N3O5/c1-23(2,3)31-22(28)25-19(14-26-12-16-7-5-6-8-17(16)13-26)15-30-20-9-18(10-24-11-20)21(27)29-4/h5-11,19H,12-15H2,1-4H3,(H,25,28). The Morgan fingerprint density at radius 2 is 1.84 bits per heavy atom. The molecular formula is C23H29N3O5. The van der Waals surface area contributed by atoms with Crippen LogP contribution < -0.4 is 10.1 Å². The number of methoxy groups -OCH3 is 1. The van der Waals surface area contributed by atoms with Gasteiger partial charge >= 0.3 is 12.1 Å². The summed E-state index contributed by atoms with van der Waals surface area (Å²) < 4.78 is 16.0. The number of benzene rings is 1. The number of aromatic nitrogens is 1. The number of rotatable bonds is 7. The van der Waals surface area contributed by atoms with E-state index < -0.39 is 17.7 Å². The zero-order chi connectivity index (χ0) is 22.4. The Morgan fingerprint density at radius 1 is 1.16 bits per heavy atom. The molecule has 166 valence electrons. The first-order valence-corrected chi connectivity index (χ1v) is 10.2. The third-order valence-corrected chi connectivity index (χ3v) is 4.69. The van der Waals surface area contributed by atoms with Crippen LogP contribution in [0.5, 0.6) is 5.75 Å². The lowest BCUT2D eigenvalue weighted by Gasteiger charge is -2.26. The predicted molar refractivity (Wildman–Crippen MR) is 115 cm³/mol. The van der Waals surface area contributed by atoms with Gasteiger partial charge in [0, 0.05) is 25.8 Å². The van der Waals surface area contributed by atoms with Gasteiger partial charge in [-0.05, 0) is 38.0 Å². The van der Waals surface area contributed by atoms with Crippen molar-refractivity contribution in [1.29, 1.82) is 0 Å². The minimum Gasteiger partial charge on any atom is -0.490 e. The summed E-state index contributed by atoms with van der Waals surface area (Å²) in [6.07, 6.45) is 2.43. The molecule has 1 atom stereocenters. The number of carbonyl (C=O) groups is 2. The predicted octanol–water partition coefficient (Wildman–Crippen LogP) is 3.16. The topological polar surface area (TPSA) is 90.0 Å². The number of nitrogens with one attached hydrogen (secondary N) is 1. The lowest BCUT2D eigenvalue weighted by molar-refractivity contribution is 0.0469. The quantitative estimate of drug-likeness (QED) is 0.679. The van der Waals surface area contributed by atoms with Crippen LogP contribution in [0.4, 0.5) is 4.79 Å². The van der Waals surface area contributed by atoms with Gasteiger partial charge in [-0.1, -0.05) is 24.3 Å². The molecule has 0 saturated heterocycles. The molecule has 1 aliphatic rings. The molecule has 1 aromatic heterocycles. The molecule has 0 saturated carbocycles. The number of hydrogen-bond acceptors (Lipinski definition) is 7. The zero-order valence-corrected chi connectivity index (χ0v) is 18.4. The molecule has 8 nitrogen and oxygen atoms in total. The van der Waals surface area contributed by atoms with Crippen LogP contribution in [0.1, 0.15) is 42.3 Å². The van der Waals surface area contributed by atoms with Gasteiger partial charge in [-0.2, -0.15) is 0 Å². The third-order valence-electron chi connectivity index (χ3n) is 4.69. The van der Waals surface area contributed by atoms with Crippen molar-refractivity contribution in [2.45, 2.75) is 45.5 Å². The lowest BCUT2D eigenvalue weighted by Crippen LogP contribution is -2.47. The van der Waals surface area contributed by atoms with Crippen molar-refractivity contribution in [1.82, 2.24) is 15.2 Å². The van der Waals surface area contributed by atoms with E-state index in [2.05, 4.69) is 27.3 Å². The maximum Gasteiger partial charge on any atom is 0.408 e. The molecule has 1 unspecified atom stereocenters. The highest BCUT2D eigenvalue weighted by atomic mass is 16.6. The van der Waals surface area contributed by atoms with Crippen LogP contribution in [-0.4, -0.2) is 53.9 Å². The molecule has 0 bridgehead atoms. The van der Waals surface area contributed by atoms with Crippen molar-refractivity contribution in [3.05, 3.63) is 59.4 Å². The summed E-state index contributed by atoms with van der Waals surface area (Å²) in [5.74, 6) is -0.0696. The van der Waals surface area contributed by atoms with Gasteiger partial charge < -0.3 is 19.5 Å². The number of carbonyl (C=O) groups excluding carboxylic acids is 2. The van der Waals surface area contributed by atoms with E-state index in [4.69, 9.17) is 14.2 Å². The van der Waals surface area contributed by atoms with Gasteiger partial charge in [0.25, 0.3) is 0 Å². The minimum atomic E-state index is -0.599. The summed E-state index contributed by atoms with van der Waals surface area (Å²) in [7, 11) is 1.31. The smallest absolute Gasteiger partial charge is 0.408 e. The Labute approximate surface area is 182 Å². The second-order valence-corrected chi connectivity index (χ2v) is 8.49. The van der Waals surface area contributed by atoms with Crippen LogP contribution in [0.15, 0.2) is 42.7 Å². The molecule has 0 radical (unpaired) electrons. The summed E-state index contributed by atoms with van der Waals surface area (Å²) in [6, 6.07) is 9.53. The Kier molecular flexibility index (Phi) is 7.12. The van der Waals surface area contributed by atoms with E-state index in [1.54, 1.807) is 6.07 Å². The molecule has 0 spiro atoms. The molecule has 0 fully saturated rings. The molecule has 1 aliphatic heterocycles. The highest BCUT2D eigenvalue weighted by molar-refractivity contribution is 5.89. The van der Waals surface area contributed by atoms with Crippen molar-refractivity contribution in [3.8, 4) is 5.75 Å². The molecule has 3 rings (SSSR count). The minimum absolute atomic E-state index is 0.193. The Bertz CT molecular complexity index is 900. The van der Waals surface area contributed by atoms with E-state index in [-0.39, 0.29) is 12.6 Å². The summed E-state index contributed by atoms with van der Waals surface area (Å²) in [5.41, 5.74) is 2.27. The van der Waals surface area contributed by atoms with Crippen molar-refractivity contribution in [2.24, 2.45) is 0 Å². The molecule has 8 heteroatoms. The third kappa shape index (κ3) is 6.68. The zero-order valence-electron chi connectivity index (χ0n) is 18.4. The summed E-state index contributed by atoms with van der Waals surface area (Å²) in [5, 5.41) is 2.91. The summed E-state index contributed by atoms with van der Waals surface area (Å²) in [6.45, 7) is 7.85. The van der Waals surface area contributed by atoms with Gasteiger partial charge in [0.15, 0.2) is 0 Å². The largest absolute Gasteiger partial charge is 0.490 e. The number of fused-ring (bicyclic) bond motifs is 1. The van der Waals surface area contributed by atoms with E-state index in [1.807, 2.05) is 32.9 Å². The molecule has 31 heavy (non-hydrogen) atoms. The Hall–Kier alpha value is -3.13. The highest BCUT2D eigenvalue weighted by Gasteiger charge is 2.25. The van der Waals surface area contributed by atoms with Crippen LogP contribution >= 0.6 is 0 Å². The number of esters is 1. The molecule has 1 N–H and O–H groups in total. The first kappa shape index (κ1) is 22.6. The average Bonchev–Trinajstić information content (AvgIpc) is 3.12. The number of nitrogens with zero attached hydrogens (tertiary/aromatic N) is 2. The molecule has 1 amide bonds. The number of hydrogen-bond donors (Lipinski definition) is 1. The van der Waals surface area contributed by atoms with Gasteiger partial charge in [0.05, 0.1) is 24.9 Å². The molecular weight excluding hydrogens is 398 g/mol. The van der Waals surface area contributed by atoms with Crippen molar-refractivity contribution < 1.29 is 23.8 Å². The van der Waals surface area contributed by atoms with Crippen molar-refractivity contribution in [3.63, 3.8) is 0 Å². The Balaban J connectivity index is 1.66. The number of amides is 1. The van der Waals surface area contributed by atoms with Gasteiger partial charge in [-0.15, -0.1) is 0 Å². The molecule has 2 aromatic rings. The fraction of sp³-hybridized carbons (Fsp3) is 0.435. The van der Waals surface area contributed by atoms with E-state index in [9.17, 15) is 9.59 Å². The lowest BCUT2D eigenvalue weighted by atomic mass is 10.1. The van der Waals surface area contributed by atoms with E-state index in [1.165, 1.54) is 30.6 Å². The van der Waals surface area contributed by atoms with Gasteiger partial charge in [-0.3, -0.25) is 9.88 Å². The fourth-order valence-corrected chi connectivity index (χ4v) is 3.38.